The maximum atomic E-state index is 13.3. The maximum Gasteiger partial charge on any atom is 0.147 e. The standard InChI is InChI=1S/C12H17ClFNO2/c1-16-7-8-17-6-2-5-15-12-4-3-10(13)9-11(12)14/h3-4,9,15H,2,5-8H2,1H3. The zero-order valence-electron chi connectivity index (χ0n) is 9.84. The van der Waals surface area contributed by atoms with Crippen LogP contribution in [0, 0.1) is 5.82 Å². The fourth-order valence-corrected chi connectivity index (χ4v) is 1.43. The lowest BCUT2D eigenvalue weighted by Gasteiger charge is -2.08. The van der Waals surface area contributed by atoms with Gasteiger partial charge in [-0.25, -0.2) is 4.39 Å². The van der Waals surface area contributed by atoms with Gasteiger partial charge in [-0.2, -0.15) is 0 Å². The van der Waals surface area contributed by atoms with E-state index in [-0.39, 0.29) is 5.82 Å². The van der Waals surface area contributed by atoms with Gasteiger partial charge in [-0.05, 0) is 24.6 Å². The molecule has 0 aliphatic carbocycles. The van der Waals surface area contributed by atoms with Crippen LogP contribution in [0.25, 0.3) is 0 Å². The van der Waals surface area contributed by atoms with Gasteiger partial charge in [0.2, 0.25) is 0 Å². The third-order valence-electron chi connectivity index (χ3n) is 2.14. The summed E-state index contributed by atoms with van der Waals surface area (Å²) >= 11 is 5.65. The minimum Gasteiger partial charge on any atom is -0.383 e. The zero-order chi connectivity index (χ0) is 12.5. The molecule has 0 amide bonds. The Labute approximate surface area is 106 Å². The van der Waals surface area contributed by atoms with Crippen molar-refractivity contribution < 1.29 is 13.9 Å². The molecule has 0 aromatic heterocycles. The number of rotatable bonds is 8. The molecule has 0 bridgehead atoms. The first kappa shape index (κ1) is 14.2. The lowest BCUT2D eigenvalue weighted by molar-refractivity contribution is 0.0705. The Kier molecular flexibility index (Phi) is 6.93. The SMILES string of the molecule is COCCOCCCNc1ccc(Cl)cc1F. The Hall–Kier alpha value is -0.840. The van der Waals surface area contributed by atoms with Gasteiger partial charge in [-0.3, -0.25) is 0 Å². The molecule has 0 heterocycles. The second-order valence-corrected chi connectivity index (χ2v) is 3.95. The number of halogens is 2. The minimum absolute atomic E-state index is 0.335. The third kappa shape index (κ3) is 5.86. The van der Waals surface area contributed by atoms with Crippen molar-refractivity contribution in [2.75, 3.05) is 38.8 Å². The predicted molar refractivity (Wildman–Crippen MR) is 67.2 cm³/mol. The molecule has 1 aromatic rings. The molecule has 96 valence electrons. The van der Waals surface area contributed by atoms with Gasteiger partial charge < -0.3 is 14.8 Å². The van der Waals surface area contributed by atoms with Crippen molar-refractivity contribution in [2.45, 2.75) is 6.42 Å². The summed E-state index contributed by atoms with van der Waals surface area (Å²) in [6.45, 7) is 2.47. The Balaban J connectivity index is 2.14. The van der Waals surface area contributed by atoms with Crippen LogP contribution >= 0.6 is 11.6 Å². The molecule has 0 saturated carbocycles. The van der Waals surface area contributed by atoms with Gasteiger partial charge in [0.25, 0.3) is 0 Å². The summed E-state index contributed by atoms with van der Waals surface area (Å²) in [5.41, 5.74) is 0.464. The van der Waals surface area contributed by atoms with E-state index in [9.17, 15) is 4.39 Å². The summed E-state index contributed by atoms with van der Waals surface area (Å²) in [7, 11) is 1.63. The summed E-state index contributed by atoms with van der Waals surface area (Å²) in [5, 5.41) is 3.39. The monoisotopic (exact) mass is 261 g/mol. The number of benzene rings is 1. The average molecular weight is 262 g/mol. The topological polar surface area (TPSA) is 30.5 Å². The molecule has 1 rings (SSSR count). The van der Waals surface area contributed by atoms with Crippen LogP contribution in [0.15, 0.2) is 18.2 Å². The second kappa shape index (κ2) is 8.28. The number of ether oxygens (including phenoxy) is 2. The molecule has 1 N–H and O–H groups in total. The quantitative estimate of drug-likeness (QED) is 0.730. The van der Waals surface area contributed by atoms with Gasteiger partial charge in [0.05, 0.1) is 18.9 Å². The van der Waals surface area contributed by atoms with E-state index in [0.717, 1.165) is 6.42 Å². The molecule has 0 saturated heterocycles. The molecule has 0 radical (unpaired) electrons. The van der Waals surface area contributed by atoms with E-state index >= 15 is 0 Å². The lowest BCUT2D eigenvalue weighted by Crippen LogP contribution is -2.09. The highest BCUT2D eigenvalue weighted by atomic mass is 35.5. The largest absolute Gasteiger partial charge is 0.383 e. The van der Waals surface area contributed by atoms with E-state index in [2.05, 4.69) is 5.32 Å². The van der Waals surface area contributed by atoms with Crippen molar-refractivity contribution in [1.82, 2.24) is 0 Å². The van der Waals surface area contributed by atoms with Gasteiger partial charge >= 0.3 is 0 Å². The van der Waals surface area contributed by atoms with Crippen LogP contribution in [0.5, 0.6) is 0 Å². The van der Waals surface area contributed by atoms with E-state index in [1.165, 1.54) is 6.07 Å². The van der Waals surface area contributed by atoms with Crippen LogP contribution in [-0.2, 0) is 9.47 Å². The molecular weight excluding hydrogens is 245 g/mol. The molecule has 0 atom stereocenters. The van der Waals surface area contributed by atoms with Crippen molar-refractivity contribution in [2.24, 2.45) is 0 Å². The Morgan fingerprint density at radius 1 is 1.29 bits per heavy atom. The maximum absolute atomic E-state index is 13.3. The van der Waals surface area contributed by atoms with Crippen molar-refractivity contribution in [1.29, 1.82) is 0 Å². The highest BCUT2D eigenvalue weighted by molar-refractivity contribution is 6.30. The fourth-order valence-electron chi connectivity index (χ4n) is 1.27. The molecular formula is C12H17ClFNO2. The summed E-state index contributed by atoms with van der Waals surface area (Å²) in [4.78, 5) is 0. The summed E-state index contributed by atoms with van der Waals surface area (Å²) < 4.78 is 23.5. The van der Waals surface area contributed by atoms with Crippen molar-refractivity contribution >= 4 is 17.3 Å². The molecule has 5 heteroatoms. The highest BCUT2D eigenvalue weighted by Crippen LogP contribution is 2.18. The lowest BCUT2D eigenvalue weighted by atomic mass is 10.3. The number of hydrogen-bond acceptors (Lipinski definition) is 3. The van der Waals surface area contributed by atoms with Gasteiger partial charge in [0.15, 0.2) is 0 Å². The summed E-state index contributed by atoms with van der Waals surface area (Å²) in [6.07, 6.45) is 0.811. The third-order valence-corrected chi connectivity index (χ3v) is 2.38. The highest BCUT2D eigenvalue weighted by Gasteiger charge is 2.01. The first-order valence-corrected chi connectivity index (χ1v) is 5.87. The molecule has 0 spiro atoms. The first-order chi connectivity index (χ1) is 8.24. The molecule has 0 aliphatic rings. The van der Waals surface area contributed by atoms with E-state index in [0.29, 0.717) is 37.1 Å². The van der Waals surface area contributed by atoms with Crippen LogP contribution < -0.4 is 5.32 Å². The number of nitrogens with one attached hydrogen (secondary N) is 1. The molecule has 3 nitrogen and oxygen atoms in total. The van der Waals surface area contributed by atoms with Crippen LogP contribution in [0.4, 0.5) is 10.1 Å². The normalized spacial score (nSPS) is 10.5. The van der Waals surface area contributed by atoms with Gasteiger partial charge in [-0.15, -0.1) is 0 Å². The second-order valence-electron chi connectivity index (χ2n) is 3.51. The Bertz CT molecular complexity index is 336. The average Bonchev–Trinajstić information content (AvgIpc) is 2.30. The van der Waals surface area contributed by atoms with Gasteiger partial charge in [0.1, 0.15) is 5.82 Å². The van der Waals surface area contributed by atoms with E-state index in [1.54, 1.807) is 19.2 Å². The van der Waals surface area contributed by atoms with E-state index in [1.807, 2.05) is 0 Å². The predicted octanol–water partition coefficient (Wildman–Crippen LogP) is 2.94. The van der Waals surface area contributed by atoms with E-state index < -0.39 is 0 Å². The summed E-state index contributed by atoms with van der Waals surface area (Å²) in [6, 6.07) is 4.57. The van der Waals surface area contributed by atoms with E-state index in [4.69, 9.17) is 21.1 Å². The van der Waals surface area contributed by atoms with Gasteiger partial charge in [-0.1, -0.05) is 11.6 Å². The van der Waals surface area contributed by atoms with Gasteiger partial charge in [0, 0.05) is 25.3 Å². The Morgan fingerprint density at radius 3 is 2.82 bits per heavy atom. The fraction of sp³-hybridized carbons (Fsp3) is 0.500. The number of methoxy groups -OCH3 is 1. The van der Waals surface area contributed by atoms with Crippen LogP contribution in [-0.4, -0.2) is 33.5 Å². The molecule has 0 fully saturated rings. The zero-order valence-corrected chi connectivity index (χ0v) is 10.6. The van der Waals surface area contributed by atoms with Crippen molar-refractivity contribution in [3.63, 3.8) is 0 Å². The summed E-state index contributed by atoms with van der Waals surface area (Å²) in [5.74, 6) is -0.335. The number of hydrogen-bond donors (Lipinski definition) is 1. The molecule has 17 heavy (non-hydrogen) atoms. The first-order valence-electron chi connectivity index (χ1n) is 5.49. The van der Waals surface area contributed by atoms with Crippen LogP contribution in [0.1, 0.15) is 6.42 Å². The number of anilines is 1. The molecule has 1 aromatic carbocycles. The Morgan fingerprint density at radius 2 is 2.12 bits per heavy atom. The smallest absolute Gasteiger partial charge is 0.147 e. The molecule has 0 aliphatic heterocycles. The van der Waals surface area contributed by atoms with Crippen LogP contribution in [0.3, 0.4) is 0 Å². The van der Waals surface area contributed by atoms with Crippen molar-refractivity contribution in [3.05, 3.63) is 29.0 Å². The molecule has 0 unspecified atom stereocenters. The van der Waals surface area contributed by atoms with Crippen molar-refractivity contribution in [3.8, 4) is 0 Å². The minimum atomic E-state index is -0.335. The van der Waals surface area contributed by atoms with Crippen LogP contribution in [0.2, 0.25) is 5.02 Å².